The highest BCUT2D eigenvalue weighted by molar-refractivity contribution is 7.22. The van der Waals surface area contributed by atoms with E-state index in [0.717, 1.165) is 22.4 Å². The van der Waals surface area contributed by atoms with Crippen LogP contribution in [0.1, 0.15) is 19.8 Å². The van der Waals surface area contributed by atoms with E-state index in [2.05, 4.69) is 22.5 Å². The summed E-state index contributed by atoms with van der Waals surface area (Å²) in [6.07, 6.45) is 5.11. The first kappa shape index (κ1) is 18.3. The SMILES string of the molecule is CCOc1ccc2nc(NC(=O)CCN3C(=O)C4C5C=CC(C5)C4C3=O)sc2c1. The Morgan fingerprint density at radius 2 is 1.97 bits per heavy atom. The van der Waals surface area contributed by atoms with Gasteiger partial charge in [0.15, 0.2) is 5.13 Å². The molecule has 29 heavy (non-hydrogen) atoms. The second kappa shape index (κ2) is 6.95. The van der Waals surface area contributed by atoms with E-state index in [4.69, 9.17) is 4.74 Å². The Balaban J connectivity index is 1.21. The van der Waals surface area contributed by atoms with E-state index in [9.17, 15) is 14.4 Å². The smallest absolute Gasteiger partial charge is 0.233 e. The number of imide groups is 1. The molecule has 0 spiro atoms. The van der Waals surface area contributed by atoms with Gasteiger partial charge in [-0.3, -0.25) is 19.3 Å². The number of anilines is 1. The van der Waals surface area contributed by atoms with Crippen molar-refractivity contribution in [3.63, 3.8) is 0 Å². The number of amides is 3. The summed E-state index contributed by atoms with van der Waals surface area (Å²) in [6.45, 7) is 2.63. The molecule has 2 fully saturated rings. The van der Waals surface area contributed by atoms with Crippen LogP contribution in [0.25, 0.3) is 10.2 Å². The standard InChI is InChI=1S/C21H21N3O4S/c1-2-28-13-5-6-14-15(10-13)29-21(22-14)23-16(25)7-8-24-19(26)17-11-3-4-12(9-11)18(17)20(24)27/h3-6,10-12,17-18H,2,7-9H2,1H3,(H,22,23,25). The van der Waals surface area contributed by atoms with Gasteiger partial charge in [-0.25, -0.2) is 4.98 Å². The van der Waals surface area contributed by atoms with E-state index in [1.54, 1.807) is 0 Å². The molecule has 5 rings (SSSR count). The molecule has 2 aliphatic carbocycles. The van der Waals surface area contributed by atoms with Crippen molar-refractivity contribution in [2.75, 3.05) is 18.5 Å². The number of aromatic nitrogens is 1. The molecule has 7 nitrogen and oxygen atoms in total. The molecule has 4 unspecified atom stereocenters. The lowest BCUT2D eigenvalue weighted by Gasteiger charge is -2.16. The number of likely N-dealkylation sites (tertiary alicyclic amines) is 1. The molecule has 1 N–H and O–H groups in total. The van der Waals surface area contributed by atoms with Crippen LogP contribution in [-0.2, 0) is 14.4 Å². The maximum atomic E-state index is 12.7. The van der Waals surface area contributed by atoms with E-state index in [1.165, 1.54) is 16.2 Å². The molecule has 1 saturated carbocycles. The molecule has 0 radical (unpaired) electrons. The number of ether oxygens (including phenoxy) is 1. The molecule has 3 aliphatic rings. The average molecular weight is 411 g/mol. The number of nitrogens with one attached hydrogen (secondary N) is 1. The fourth-order valence-electron chi connectivity index (χ4n) is 4.79. The summed E-state index contributed by atoms with van der Waals surface area (Å²) in [7, 11) is 0. The largest absolute Gasteiger partial charge is 0.494 e. The average Bonchev–Trinajstić information content (AvgIpc) is 3.44. The fourth-order valence-corrected chi connectivity index (χ4v) is 5.70. The highest BCUT2D eigenvalue weighted by Gasteiger charge is 2.59. The number of carbonyl (C=O) groups excluding carboxylic acids is 3. The van der Waals surface area contributed by atoms with Gasteiger partial charge in [-0.15, -0.1) is 0 Å². The normalized spacial score (nSPS) is 27.1. The Hall–Kier alpha value is -2.74. The number of thiazole rings is 1. The van der Waals surface area contributed by atoms with Gasteiger partial charge in [0.25, 0.3) is 0 Å². The molecule has 1 aromatic heterocycles. The van der Waals surface area contributed by atoms with Crippen LogP contribution in [0.5, 0.6) is 5.75 Å². The number of rotatable bonds is 6. The summed E-state index contributed by atoms with van der Waals surface area (Å²) in [5, 5.41) is 3.28. The van der Waals surface area contributed by atoms with E-state index < -0.39 is 0 Å². The Morgan fingerprint density at radius 3 is 2.66 bits per heavy atom. The zero-order chi connectivity index (χ0) is 20.1. The van der Waals surface area contributed by atoms with Crippen molar-refractivity contribution in [1.82, 2.24) is 9.88 Å². The number of hydrogen-bond acceptors (Lipinski definition) is 6. The summed E-state index contributed by atoms with van der Waals surface area (Å²) < 4.78 is 6.41. The lowest BCUT2D eigenvalue weighted by atomic mass is 9.85. The number of nitrogens with zero attached hydrogens (tertiary/aromatic N) is 2. The summed E-state index contributed by atoms with van der Waals surface area (Å²) in [6, 6.07) is 5.60. The highest BCUT2D eigenvalue weighted by Crippen LogP contribution is 2.52. The lowest BCUT2D eigenvalue weighted by molar-refractivity contribution is -0.140. The Bertz CT molecular complexity index is 1020. The van der Waals surface area contributed by atoms with Crippen LogP contribution in [0.15, 0.2) is 30.4 Å². The number of carbonyl (C=O) groups is 3. The predicted molar refractivity (Wildman–Crippen MR) is 108 cm³/mol. The Morgan fingerprint density at radius 1 is 1.24 bits per heavy atom. The molecule has 8 heteroatoms. The predicted octanol–water partition coefficient (Wildman–Crippen LogP) is 2.83. The number of fused-ring (bicyclic) bond motifs is 6. The molecule has 1 aromatic carbocycles. The Labute approximate surface area is 171 Å². The van der Waals surface area contributed by atoms with Crippen molar-refractivity contribution in [3.8, 4) is 5.75 Å². The zero-order valence-electron chi connectivity index (χ0n) is 16.0. The first-order valence-corrected chi connectivity index (χ1v) is 10.7. The van der Waals surface area contributed by atoms with Gasteiger partial charge in [-0.2, -0.15) is 0 Å². The van der Waals surface area contributed by atoms with Gasteiger partial charge in [0.1, 0.15) is 5.75 Å². The third kappa shape index (κ3) is 3.02. The van der Waals surface area contributed by atoms with Crippen molar-refractivity contribution in [1.29, 1.82) is 0 Å². The quantitative estimate of drug-likeness (QED) is 0.583. The van der Waals surface area contributed by atoms with E-state index in [1.807, 2.05) is 25.1 Å². The Kier molecular flexibility index (Phi) is 4.38. The van der Waals surface area contributed by atoms with Crippen LogP contribution < -0.4 is 10.1 Å². The third-order valence-electron chi connectivity index (χ3n) is 6.04. The van der Waals surface area contributed by atoms with Gasteiger partial charge < -0.3 is 10.1 Å². The van der Waals surface area contributed by atoms with Crippen LogP contribution in [-0.4, -0.2) is 40.8 Å². The van der Waals surface area contributed by atoms with Gasteiger partial charge in [0.05, 0.1) is 28.7 Å². The zero-order valence-corrected chi connectivity index (χ0v) is 16.8. The van der Waals surface area contributed by atoms with Crippen molar-refractivity contribution in [2.45, 2.75) is 19.8 Å². The molecular weight excluding hydrogens is 390 g/mol. The maximum absolute atomic E-state index is 12.7. The molecule has 3 amide bonds. The highest BCUT2D eigenvalue weighted by atomic mass is 32.1. The van der Waals surface area contributed by atoms with Gasteiger partial charge in [0, 0.05) is 13.0 Å². The molecule has 2 aromatic rings. The van der Waals surface area contributed by atoms with E-state index in [0.29, 0.717) is 11.7 Å². The first-order chi connectivity index (χ1) is 14.0. The minimum Gasteiger partial charge on any atom is -0.494 e. The van der Waals surface area contributed by atoms with E-state index in [-0.39, 0.29) is 54.4 Å². The second-order valence-corrected chi connectivity index (χ2v) is 8.74. The molecule has 2 bridgehead atoms. The molecule has 150 valence electrons. The first-order valence-electron chi connectivity index (χ1n) is 9.92. The number of hydrogen-bond donors (Lipinski definition) is 1. The third-order valence-corrected chi connectivity index (χ3v) is 6.97. The number of benzene rings is 1. The minimum atomic E-state index is -0.257. The minimum absolute atomic E-state index is 0.0692. The van der Waals surface area contributed by atoms with Crippen LogP contribution in [0.3, 0.4) is 0 Å². The molecular formula is C21H21N3O4S. The van der Waals surface area contributed by atoms with Crippen LogP contribution in [0, 0.1) is 23.7 Å². The van der Waals surface area contributed by atoms with Crippen LogP contribution >= 0.6 is 11.3 Å². The fraction of sp³-hybridized carbons (Fsp3) is 0.429. The van der Waals surface area contributed by atoms with Crippen LogP contribution in [0.2, 0.25) is 0 Å². The van der Waals surface area contributed by atoms with Crippen LogP contribution in [0.4, 0.5) is 5.13 Å². The van der Waals surface area contributed by atoms with Crippen molar-refractivity contribution in [3.05, 3.63) is 30.4 Å². The van der Waals surface area contributed by atoms with Gasteiger partial charge in [0.2, 0.25) is 17.7 Å². The van der Waals surface area contributed by atoms with Gasteiger partial charge >= 0.3 is 0 Å². The summed E-state index contributed by atoms with van der Waals surface area (Å²) in [5.74, 6) is 0.207. The topological polar surface area (TPSA) is 88.6 Å². The summed E-state index contributed by atoms with van der Waals surface area (Å²) in [5.41, 5.74) is 0.787. The second-order valence-electron chi connectivity index (χ2n) is 7.71. The maximum Gasteiger partial charge on any atom is 0.233 e. The van der Waals surface area contributed by atoms with Crippen molar-refractivity contribution in [2.24, 2.45) is 23.7 Å². The summed E-state index contributed by atoms with van der Waals surface area (Å²) in [4.78, 5) is 43.4. The molecule has 1 saturated heterocycles. The van der Waals surface area contributed by atoms with Crippen molar-refractivity contribution >= 4 is 44.4 Å². The van der Waals surface area contributed by atoms with Crippen molar-refractivity contribution < 1.29 is 19.1 Å². The van der Waals surface area contributed by atoms with Gasteiger partial charge in [-0.05, 0) is 43.4 Å². The van der Waals surface area contributed by atoms with Gasteiger partial charge in [-0.1, -0.05) is 23.5 Å². The monoisotopic (exact) mass is 411 g/mol. The summed E-state index contributed by atoms with van der Waals surface area (Å²) >= 11 is 1.37. The molecule has 2 heterocycles. The number of allylic oxidation sites excluding steroid dienone is 2. The molecule has 4 atom stereocenters. The molecule has 1 aliphatic heterocycles. The lowest BCUT2D eigenvalue weighted by Crippen LogP contribution is -2.35. The van der Waals surface area contributed by atoms with E-state index >= 15 is 0 Å².